The fourth-order valence-electron chi connectivity index (χ4n) is 11.4. The Morgan fingerprint density at radius 2 is 0.662 bits per heavy atom. The number of hydrogen-bond donors (Lipinski definition) is 7. The third-order valence-electron chi connectivity index (χ3n) is 16.9. The molecule has 14 heteroatoms. The summed E-state index contributed by atoms with van der Waals surface area (Å²) < 4.78 is 34.6. The van der Waals surface area contributed by atoms with Gasteiger partial charge in [0, 0.05) is 13.0 Å². The van der Waals surface area contributed by atoms with Gasteiger partial charge in [0.25, 0.3) is 0 Å². The Morgan fingerprint density at radius 3 is 1.01 bits per heavy atom. The summed E-state index contributed by atoms with van der Waals surface area (Å²) in [6.07, 6.45) is 44.7. The van der Waals surface area contributed by atoms with Crippen molar-refractivity contribution in [2.24, 2.45) is 0 Å². The second kappa shape index (κ2) is 53.5. The quantitative estimate of drug-likeness (QED) is 0.0223. The van der Waals surface area contributed by atoms with Gasteiger partial charge < -0.3 is 64.2 Å². The minimum absolute atomic E-state index is 0.0715. The molecule has 2 rings (SSSR count). The molecule has 2 saturated heterocycles. The fraction of sp³-hybridized carbons (Fsp3) is 0.985. The van der Waals surface area contributed by atoms with Crippen LogP contribution < -0.4 is 0 Å². The molecule has 0 aliphatic carbocycles. The van der Waals surface area contributed by atoms with Crippen LogP contribution in [0.4, 0.5) is 0 Å². The molecule has 476 valence electrons. The van der Waals surface area contributed by atoms with Crippen LogP contribution >= 0.6 is 0 Å². The molecule has 0 bridgehead atoms. The zero-order valence-electron chi connectivity index (χ0n) is 51.6. The Labute approximate surface area is 489 Å². The highest BCUT2D eigenvalue weighted by Crippen LogP contribution is 2.27. The van der Waals surface area contributed by atoms with Crippen LogP contribution in [-0.2, 0) is 33.2 Å². The van der Waals surface area contributed by atoms with Gasteiger partial charge in [0.1, 0.15) is 54.9 Å². The highest BCUT2D eigenvalue weighted by atomic mass is 16.7. The van der Waals surface area contributed by atoms with Crippen LogP contribution in [0.15, 0.2) is 0 Å². The van der Waals surface area contributed by atoms with E-state index in [2.05, 4.69) is 13.8 Å². The zero-order chi connectivity index (χ0) is 57.9. The van der Waals surface area contributed by atoms with Crippen molar-refractivity contribution in [3.05, 3.63) is 0 Å². The normalized spacial score (nSPS) is 23.7. The lowest BCUT2D eigenvalue weighted by atomic mass is 9.98. The molecule has 2 heterocycles. The topological polar surface area (TPSA) is 214 Å². The second-order valence-corrected chi connectivity index (χ2v) is 24.4. The number of esters is 1. The molecule has 0 aromatic rings. The van der Waals surface area contributed by atoms with E-state index in [1.54, 1.807) is 0 Å². The standard InChI is InChI=1S/C66H128O14/c1-3-5-7-9-11-13-15-17-19-21-23-25-26-27-28-29-30-32-34-36-38-40-42-44-46-48-50-75-52-55(78-58(68)49-47-45-43-41-39-37-35-33-31-24-22-20-18-16-14-12-10-8-6-4-2)53-76-65-64(74)62(72)60(70)57(80-65)54-77-66-63(73)61(71)59(69)56(51-67)79-66/h55-57,59-67,69-74H,3-54H2,1-2H3. The molecule has 2 aliphatic rings. The summed E-state index contributed by atoms with van der Waals surface area (Å²) in [7, 11) is 0. The smallest absolute Gasteiger partial charge is 0.306 e. The van der Waals surface area contributed by atoms with Gasteiger partial charge >= 0.3 is 5.97 Å². The molecule has 0 aromatic carbocycles. The maximum Gasteiger partial charge on any atom is 0.306 e. The Balaban J connectivity index is 1.63. The molecule has 11 unspecified atom stereocenters. The molecule has 2 fully saturated rings. The number of carbonyl (C=O) groups excluding carboxylic acids is 1. The lowest BCUT2D eigenvalue weighted by Crippen LogP contribution is -2.61. The largest absolute Gasteiger partial charge is 0.457 e. The van der Waals surface area contributed by atoms with Crippen molar-refractivity contribution in [3.63, 3.8) is 0 Å². The first-order valence-electron chi connectivity index (χ1n) is 34.1. The molecule has 0 amide bonds. The van der Waals surface area contributed by atoms with E-state index in [-0.39, 0.29) is 25.6 Å². The van der Waals surface area contributed by atoms with Gasteiger partial charge in [0.2, 0.25) is 0 Å². The Bertz CT molecular complexity index is 1330. The molecule has 0 aromatic heterocycles. The third-order valence-corrected chi connectivity index (χ3v) is 16.9. The number of rotatable bonds is 58. The lowest BCUT2D eigenvalue weighted by molar-refractivity contribution is -0.332. The predicted molar refractivity (Wildman–Crippen MR) is 321 cm³/mol. The molecular weight excluding hydrogens is 1020 g/mol. The predicted octanol–water partition coefficient (Wildman–Crippen LogP) is 13.9. The van der Waals surface area contributed by atoms with Crippen LogP contribution in [0, 0.1) is 0 Å². The minimum atomic E-state index is -1.70. The molecule has 0 spiro atoms. The molecule has 0 saturated carbocycles. The molecule has 80 heavy (non-hydrogen) atoms. The number of carbonyl (C=O) groups is 1. The lowest BCUT2D eigenvalue weighted by Gasteiger charge is -2.42. The van der Waals surface area contributed by atoms with E-state index in [9.17, 15) is 40.5 Å². The van der Waals surface area contributed by atoms with Gasteiger partial charge in [0.15, 0.2) is 12.6 Å². The van der Waals surface area contributed by atoms with Crippen molar-refractivity contribution in [2.75, 3.05) is 33.0 Å². The highest BCUT2D eigenvalue weighted by molar-refractivity contribution is 5.69. The van der Waals surface area contributed by atoms with E-state index in [0.29, 0.717) is 6.61 Å². The maximum absolute atomic E-state index is 13.1. The van der Waals surface area contributed by atoms with Gasteiger partial charge in [-0.2, -0.15) is 0 Å². The Morgan fingerprint density at radius 1 is 0.362 bits per heavy atom. The van der Waals surface area contributed by atoms with E-state index >= 15 is 0 Å². The first-order chi connectivity index (χ1) is 39.1. The van der Waals surface area contributed by atoms with E-state index in [4.69, 9.17) is 28.4 Å². The average molecular weight is 1150 g/mol. The summed E-state index contributed by atoms with van der Waals surface area (Å²) in [4.78, 5) is 13.1. The Kier molecular flexibility index (Phi) is 50.2. The summed E-state index contributed by atoms with van der Waals surface area (Å²) in [6.45, 7) is 3.79. The van der Waals surface area contributed by atoms with Crippen LogP contribution in [-0.4, -0.2) is 142 Å². The SMILES string of the molecule is CCCCCCCCCCCCCCCCCCCCCCCCCCCCOCC(COC1OC(COC2OC(CO)C(O)C(O)C2O)C(O)C(O)C1O)OC(=O)CCCCCCCCCCCCCCCCCCCCCC. The van der Waals surface area contributed by atoms with Crippen molar-refractivity contribution in [2.45, 2.75) is 383 Å². The summed E-state index contributed by atoms with van der Waals surface area (Å²) >= 11 is 0. The second-order valence-electron chi connectivity index (χ2n) is 24.4. The maximum atomic E-state index is 13.1. The van der Waals surface area contributed by atoms with Crippen LogP contribution in [0.5, 0.6) is 0 Å². The van der Waals surface area contributed by atoms with Crippen molar-refractivity contribution >= 4 is 5.97 Å². The average Bonchev–Trinajstić information content (AvgIpc) is 3.52. The Hall–Kier alpha value is -1.01. The van der Waals surface area contributed by atoms with Gasteiger partial charge in [-0.05, 0) is 12.8 Å². The molecule has 14 nitrogen and oxygen atoms in total. The van der Waals surface area contributed by atoms with Gasteiger partial charge in [-0.15, -0.1) is 0 Å². The van der Waals surface area contributed by atoms with E-state index in [1.165, 1.54) is 250 Å². The van der Waals surface area contributed by atoms with E-state index < -0.39 is 80.7 Å². The van der Waals surface area contributed by atoms with E-state index in [0.717, 1.165) is 44.9 Å². The monoisotopic (exact) mass is 1140 g/mol. The molecule has 11 atom stereocenters. The number of unbranched alkanes of at least 4 members (excludes halogenated alkanes) is 44. The first-order valence-corrected chi connectivity index (χ1v) is 34.1. The van der Waals surface area contributed by atoms with Crippen LogP contribution in [0.2, 0.25) is 0 Å². The van der Waals surface area contributed by atoms with Gasteiger partial charge in [-0.1, -0.05) is 296 Å². The van der Waals surface area contributed by atoms with Crippen molar-refractivity contribution in [1.82, 2.24) is 0 Å². The minimum Gasteiger partial charge on any atom is -0.457 e. The van der Waals surface area contributed by atoms with Crippen LogP contribution in [0.3, 0.4) is 0 Å². The van der Waals surface area contributed by atoms with Gasteiger partial charge in [0.05, 0.1) is 26.4 Å². The summed E-state index contributed by atoms with van der Waals surface area (Å²) in [5, 5.41) is 72.6. The zero-order valence-corrected chi connectivity index (χ0v) is 51.6. The summed E-state index contributed by atoms with van der Waals surface area (Å²) in [5.41, 5.74) is 0. The highest BCUT2D eigenvalue weighted by Gasteiger charge is 2.47. The van der Waals surface area contributed by atoms with Crippen molar-refractivity contribution in [3.8, 4) is 0 Å². The molecular formula is C66H128O14. The molecule has 2 aliphatic heterocycles. The number of aliphatic hydroxyl groups excluding tert-OH is 7. The fourth-order valence-corrected chi connectivity index (χ4v) is 11.4. The van der Waals surface area contributed by atoms with E-state index in [1.807, 2.05) is 0 Å². The summed E-state index contributed by atoms with van der Waals surface area (Å²) in [5.74, 6) is -0.365. The number of ether oxygens (including phenoxy) is 6. The van der Waals surface area contributed by atoms with Gasteiger partial charge in [-0.3, -0.25) is 4.79 Å². The van der Waals surface area contributed by atoms with Crippen LogP contribution in [0.25, 0.3) is 0 Å². The number of hydrogen-bond acceptors (Lipinski definition) is 14. The number of aliphatic hydroxyl groups is 7. The van der Waals surface area contributed by atoms with Crippen molar-refractivity contribution < 1.29 is 69.0 Å². The van der Waals surface area contributed by atoms with Gasteiger partial charge in [-0.25, -0.2) is 0 Å². The van der Waals surface area contributed by atoms with Crippen LogP contribution in [0.1, 0.15) is 316 Å². The molecule has 0 radical (unpaired) electrons. The summed E-state index contributed by atoms with van der Waals surface area (Å²) in [6, 6.07) is 0. The molecule has 7 N–H and O–H groups in total. The van der Waals surface area contributed by atoms with Crippen molar-refractivity contribution in [1.29, 1.82) is 0 Å². The third kappa shape index (κ3) is 38.8. The first kappa shape index (κ1) is 75.1.